The maximum atomic E-state index is 10.8. The largest absolute Gasteiger partial charge is 0.507 e. The molecule has 0 saturated heterocycles. The smallest absolute Gasteiger partial charge is 0.123 e. The summed E-state index contributed by atoms with van der Waals surface area (Å²) in [5.74, 6) is 1.58. The molecule has 0 fully saturated rings. The van der Waals surface area contributed by atoms with E-state index >= 15 is 0 Å². The van der Waals surface area contributed by atoms with Crippen molar-refractivity contribution in [3.05, 3.63) is 34.9 Å². The highest BCUT2D eigenvalue weighted by Crippen LogP contribution is 2.48. The molecule has 2 rings (SSSR count). The van der Waals surface area contributed by atoms with Gasteiger partial charge < -0.3 is 10.2 Å². The second-order valence-electron chi connectivity index (χ2n) is 8.90. The average molecular weight is 345 g/mol. The molecule has 1 aliphatic carbocycles. The summed E-state index contributed by atoms with van der Waals surface area (Å²) in [6.07, 6.45) is 7.85. The van der Waals surface area contributed by atoms with Crippen LogP contribution in [0.5, 0.6) is 11.5 Å². The average Bonchev–Trinajstić information content (AvgIpc) is 2.52. The first-order valence-corrected chi connectivity index (χ1v) is 9.91. The molecular formula is C23H36O2. The number of aromatic hydroxyl groups is 2. The Morgan fingerprint density at radius 3 is 2.28 bits per heavy atom. The quantitative estimate of drug-likeness (QED) is 0.566. The van der Waals surface area contributed by atoms with Crippen LogP contribution in [-0.2, 0) is 5.41 Å². The Morgan fingerprint density at radius 2 is 1.76 bits per heavy atom. The van der Waals surface area contributed by atoms with Crippen molar-refractivity contribution in [1.82, 2.24) is 0 Å². The minimum atomic E-state index is -0.0424. The van der Waals surface area contributed by atoms with Crippen molar-refractivity contribution < 1.29 is 10.2 Å². The zero-order chi connectivity index (χ0) is 18.8. The number of benzene rings is 1. The summed E-state index contributed by atoms with van der Waals surface area (Å²) in [7, 11) is 0. The fourth-order valence-electron chi connectivity index (χ4n) is 4.25. The molecule has 0 saturated carbocycles. The van der Waals surface area contributed by atoms with Gasteiger partial charge in [-0.3, -0.25) is 0 Å². The van der Waals surface area contributed by atoms with Gasteiger partial charge in [0, 0.05) is 11.5 Å². The third-order valence-electron chi connectivity index (χ3n) is 6.06. The predicted octanol–water partition coefficient (Wildman–Crippen LogP) is 6.66. The Morgan fingerprint density at radius 1 is 1.16 bits per heavy atom. The minimum absolute atomic E-state index is 0.0424. The molecule has 0 spiro atoms. The number of hydrogen-bond donors (Lipinski definition) is 2. The van der Waals surface area contributed by atoms with E-state index in [4.69, 9.17) is 0 Å². The molecule has 0 unspecified atom stereocenters. The fourth-order valence-corrected chi connectivity index (χ4v) is 4.25. The number of hydrogen-bond acceptors (Lipinski definition) is 2. The Kier molecular flexibility index (Phi) is 6.24. The normalized spacial score (nSPS) is 21.5. The number of rotatable bonds is 6. The molecule has 2 heteroatoms. The topological polar surface area (TPSA) is 40.5 Å². The van der Waals surface area contributed by atoms with E-state index in [-0.39, 0.29) is 22.8 Å². The summed E-state index contributed by atoms with van der Waals surface area (Å²) in [6, 6.07) is 3.78. The Labute approximate surface area is 154 Å². The summed E-state index contributed by atoms with van der Waals surface area (Å²) in [5, 5.41) is 21.6. The third kappa shape index (κ3) is 4.40. The van der Waals surface area contributed by atoms with Crippen LogP contribution in [-0.4, -0.2) is 10.2 Å². The lowest BCUT2D eigenvalue weighted by molar-refractivity contribution is 0.303. The van der Waals surface area contributed by atoms with Crippen LogP contribution in [0.25, 0.3) is 0 Å². The molecule has 0 amide bonds. The van der Waals surface area contributed by atoms with E-state index < -0.39 is 0 Å². The molecule has 2 N–H and O–H groups in total. The SMILES string of the molecule is CCCCC(C)(C)c1cc(O)c([C@@H]2C=C(C)CC[C@H]2C(C)C)c(O)c1. The molecule has 1 aliphatic rings. The molecule has 0 aliphatic heterocycles. The van der Waals surface area contributed by atoms with Crippen LogP contribution in [0.2, 0.25) is 0 Å². The van der Waals surface area contributed by atoms with Gasteiger partial charge in [0.2, 0.25) is 0 Å². The van der Waals surface area contributed by atoms with Gasteiger partial charge in [0.1, 0.15) is 11.5 Å². The van der Waals surface area contributed by atoms with Crippen LogP contribution in [0.1, 0.15) is 90.7 Å². The summed E-state index contributed by atoms with van der Waals surface area (Å²) in [4.78, 5) is 0. The van der Waals surface area contributed by atoms with Crippen LogP contribution in [0, 0.1) is 11.8 Å². The van der Waals surface area contributed by atoms with Gasteiger partial charge in [0.05, 0.1) is 0 Å². The Balaban J connectivity index is 2.44. The summed E-state index contributed by atoms with van der Waals surface area (Å²) < 4.78 is 0. The van der Waals surface area contributed by atoms with Gasteiger partial charge in [0.25, 0.3) is 0 Å². The number of phenolic OH excluding ortho intramolecular Hbond substituents is 2. The molecule has 2 atom stereocenters. The van der Waals surface area contributed by atoms with Crippen molar-refractivity contribution in [3.63, 3.8) is 0 Å². The van der Waals surface area contributed by atoms with Gasteiger partial charge in [-0.05, 0) is 61.1 Å². The molecule has 0 radical (unpaired) electrons. The second-order valence-corrected chi connectivity index (χ2v) is 8.90. The molecule has 0 heterocycles. The second kappa shape index (κ2) is 7.85. The first-order valence-electron chi connectivity index (χ1n) is 9.91. The maximum Gasteiger partial charge on any atom is 0.123 e. The van der Waals surface area contributed by atoms with E-state index in [1.54, 1.807) is 0 Å². The van der Waals surface area contributed by atoms with E-state index in [1.165, 1.54) is 5.57 Å². The lowest BCUT2D eigenvalue weighted by atomic mass is 9.71. The first kappa shape index (κ1) is 19.9. The number of unbranched alkanes of at least 4 members (excludes halogenated alkanes) is 1. The monoisotopic (exact) mass is 344 g/mol. The van der Waals surface area contributed by atoms with E-state index in [2.05, 4.69) is 47.6 Å². The maximum absolute atomic E-state index is 10.8. The van der Waals surface area contributed by atoms with E-state index in [0.717, 1.165) is 37.7 Å². The molecule has 1 aromatic carbocycles. The van der Waals surface area contributed by atoms with Crippen molar-refractivity contribution in [2.45, 2.75) is 85.0 Å². The Bertz CT molecular complexity index is 602. The van der Waals surface area contributed by atoms with Crippen molar-refractivity contribution in [2.75, 3.05) is 0 Å². The highest BCUT2D eigenvalue weighted by Gasteiger charge is 2.32. The molecular weight excluding hydrogens is 308 g/mol. The van der Waals surface area contributed by atoms with Gasteiger partial charge >= 0.3 is 0 Å². The molecule has 1 aromatic rings. The molecule has 25 heavy (non-hydrogen) atoms. The zero-order valence-electron chi connectivity index (χ0n) is 16.9. The molecule has 140 valence electrons. The highest BCUT2D eigenvalue weighted by atomic mass is 16.3. The lowest BCUT2D eigenvalue weighted by Crippen LogP contribution is -2.22. The Hall–Kier alpha value is -1.44. The van der Waals surface area contributed by atoms with E-state index in [1.807, 2.05) is 12.1 Å². The van der Waals surface area contributed by atoms with Crippen LogP contribution in [0.15, 0.2) is 23.8 Å². The fraction of sp³-hybridized carbons (Fsp3) is 0.652. The zero-order valence-corrected chi connectivity index (χ0v) is 16.9. The number of phenols is 2. The van der Waals surface area contributed by atoms with Crippen molar-refractivity contribution in [3.8, 4) is 11.5 Å². The van der Waals surface area contributed by atoms with Gasteiger partial charge in [-0.25, -0.2) is 0 Å². The summed E-state index contributed by atoms with van der Waals surface area (Å²) in [5.41, 5.74) is 3.05. The van der Waals surface area contributed by atoms with Crippen molar-refractivity contribution >= 4 is 0 Å². The summed E-state index contributed by atoms with van der Waals surface area (Å²) >= 11 is 0. The third-order valence-corrected chi connectivity index (χ3v) is 6.06. The van der Waals surface area contributed by atoms with Crippen LogP contribution in [0.4, 0.5) is 0 Å². The van der Waals surface area contributed by atoms with Gasteiger partial charge in [-0.1, -0.05) is 59.1 Å². The first-order chi connectivity index (χ1) is 11.7. The van der Waals surface area contributed by atoms with Crippen LogP contribution in [0.3, 0.4) is 0 Å². The van der Waals surface area contributed by atoms with E-state index in [0.29, 0.717) is 17.4 Å². The van der Waals surface area contributed by atoms with Gasteiger partial charge in [0.15, 0.2) is 0 Å². The highest BCUT2D eigenvalue weighted by molar-refractivity contribution is 5.52. The van der Waals surface area contributed by atoms with Gasteiger partial charge in [-0.2, -0.15) is 0 Å². The van der Waals surface area contributed by atoms with Crippen molar-refractivity contribution in [2.24, 2.45) is 11.8 Å². The van der Waals surface area contributed by atoms with Crippen molar-refractivity contribution in [1.29, 1.82) is 0 Å². The molecule has 2 nitrogen and oxygen atoms in total. The van der Waals surface area contributed by atoms with Crippen LogP contribution >= 0.6 is 0 Å². The lowest BCUT2D eigenvalue weighted by Gasteiger charge is -2.34. The van der Waals surface area contributed by atoms with E-state index in [9.17, 15) is 10.2 Å². The van der Waals surface area contributed by atoms with Crippen LogP contribution < -0.4 is 0 Å². The van der Waals surface area contributed by atoms with Gasteiger partial charge in [-0.15, -0.1) is 0 Å². The summed E-state index contributed by atoms with van der Waals surface area (Å²) in [6.45, 7) is 13.2. The number of allylic oxidation sites excluding steroid dienone is 2. The molecule has 0 bridgehead atoms. The standard InChI is InChI=1S/C23H36O2/c1-7-8-11-23(5,6)17-13-20(24)22(21(25)14-17)19-12-16(4)9-10-18(19)15(2)3/h12-15,18-19,24-25H,7-11H2,1-6H3/t18-,19+/m0/s1. The predicted molar refractivity (Wildman–Crippen MR) is 106 cm³/mol. The molecule has 0 aromatic heterocycles. The minimum Gasteiger partial charge on any atom is -0.507 e.